The van der Waals surface area contributed by atoms with Gasteiger partial charge in [0.2, 0.25) is 3.72 Å². The van der Waals surface area contributed by atoms with Crippen molar-refractivity contribution in [3.8, 4) is 0 Å². The first kappa shape index (κ1) is 20.5. The van der Waals surface area contributed by atoms with Crippen LogP contribution in [0.15, 0.2) is 9.78 Å². The van der Waals surface area contributed by atoms with Gasteiger partial charge in [-0.3, -0.25) is 0 Å². The van der Waals surface area contributed by atoms with Gasteiger partial charge < -0.3 is 28.9 Å². The van der Waals surface area contributed by atoms with E-state index in [2.05, 4.69) is 60.7 Å². The topological polar surface area (TPSA) is 6.25 Å². The number of hydrogen-bond acceptors (Lipinski definition) is 1. The third kappa shape index (κ3) is 10.4. The van der Waals surface area contributed by atoms with Crippen molar-refractivity contribution in [2.75, 3.05) is 28.2 Å². The van der Waals surface area contributed by atoms with E-state index in [1.54, 1.807) is 0 Å². The van der Waals surface area contributed by atoms with Gasteiger partial charge in [0, 0.05) is 42.8 Å². The number of allylic oxidation sites excluding steroid dienone is 1. The maximum atomic E-state index is 2.31. The summed E-state index contributed by atoms with van der Waals surface area (Å²) in [5, 5.41) is 0. The lowest BCUT2D eigenvalue weighted by Crippen LogP contribution is -3.00. The second-order valence-corrected chi connectivity index (χ2v) is 4.79. The van der Waals surface area contributed by atoms with Crippen molar-refractivity contribution in [3.05, 3.63) is 9.78 Å². The van der Waals surface area contributed by atoms with Gasteiger partial charge in [-0.15, -0.1) is 24.0 Å². The Morgan fingerprint density at radius 1 is 1.23 bits per heavy atom. The summed E-state index contributed by atoms with van der Waals surface area (Å²) < 4.78 is 4.56. The number of rotatable bonds is 2. The molecule has 80 valence electrons. The van der Waals surface area contributed by atoms with Crippen LogP contribution in [0, 0.1) is 0 Å². The number of halogens is 4. The zero-order chi connectivity index (χ0) is 9.02. The van der Waals surface area contributed by atoms with Crippen molar-refractivity contribution in [2.45, 2.75) is 0 Å². The second kappa shape index (κ2) is 10.6. The van der Waals surface area contributed by atoms with Crippen LogP contribution in [0.2, 0.25) is 0 Å². The van der Waals surface area contributed by atoms with Crippen LogP contribution >= 0.6 is 69.2 Å². The zero-order valence-corrected chi connectivity index (χ0v) is 16.8. The molecule has 13 heavy (non-hydrogen) atoms. The van der Waals surface area contributed by atoms with E-state index in [4.69, 9.17) is 0 Å². The van der Waals surface area contributed by atoms with Crippen molar-refractivity contribution in [3.63, 3.8) is 0 Å². The number of hydrogen-bond donors (Lipinski definition) is 0. The highest BCUT2D eigenvalue weighted by molar-refractivity contribution is 14.1. The minimum atomic E-state index is 0. The van der Waals surface area contributed by atoms with Gasteiger partial charge in [0.25, 0.3) is 0 Å². The molecule has 0 radical (unpaired) electrons. The smallest absolute Gasteiger partial charge is 0.238 e. The summed E-state index contributed by atoms with van der Waals surface area (Å²) in [7, 11) is 8.16. The Balaban J connectivity index is -0.000000500. The molecule has 0 aliphatic rings. The highest BCUT2D eigenvalue weighted by Crippen LogP contribution is 2.09. The van der Waals surface area contributed by atoms with Crippen LogP contribution in [0.25, 0.3) is 0 Å². The van der Waals surface area contributed by atoms with Gasteiger partial charge in [0.1, 0.15) is 14.1 Å². The summed E-state index contributed by atoms with van der Waals surface area (Å²) in [4.78, 5) is 2.09. The van der Waals surface area contributed by atoms with Crippen LogP contribution in [0.4, 0.5) is 0 Å². The Kier molecular flexibility index (Phi) is 16.8. The molecule has 0 aromatic heterocycles. The molecule has 0 amide bonds. The fourth-order valence-corrected chi connectivity index (χ4v) is 1.54. The fraction of sp³-hybridized carbons (Fsp3) is 0.571. The van der Waals surface area contributed by atoms with Gasteiger partial charge in [-0.05, 0) is 22.6 Å². The highest BCUT2D eigenvalue weighted by atomic mass is 127. The van der Waals surface area contributed by atoms with Gasteiger partial charge >= 0.3 is 0 Å². The summed E-state index contributed by atoms with van der Waals surface area (Å²) in [6.07, 6.45) is 2.14. The molecule has 0 fully saturated rings. The normalized spacial score (nSPS) is 9.54. The SMILES string of the molecule is CN(C)/C(I)=C/C(I)=[N+](C)C.I.[I-]. The molecule has 0 aliphatic carbocycles. The van der Waals surface area contributed by atoms with E-state index in [-0.39, 0.29) is 48.0 Å². The summed E-state index contributed by atoms with van der Waals surface area (Å²) in [5.74, 6) is 0. The molecule has 0 spiro atoms. The third-order valence-electron chi connectivity index (χ3n) is 1.09. The molecule has 0 rings (SSSR count). The predicted octanol–water partition coefficient (Wildman–Crippen LogP) is -0.448. The molecular weight excluding hydrogens is 620 g/mol. The molecule has 2 nitrogen and oxygen atoms in total. The second-order valence-electron chi connectivity index (χ2n) is 2.58. The van der Waals surface area contributed by atoms with E-state index in [1.165, 1.54) is 7.42 Å². The standard InChI is InChI=1S/C7H13I2N2.2HI/c1-10(2)6(8)5-7(9)11(3)4;;/h5H,1-4H3;2*1H/q+1;;/p-1. The van der Waals surface area contributed by atoms with Crippen LogP contribution in [0.1, 0.15) is 0 Å². The molecule has 0 saturated heterocycles. The largest absolute Gasteiger partial charge is 1.00 e. The van der Waals surface area contributed by atoms with Crippen LogP contribution in [0.5, 0.6) is 0 Å². The molecule has 0 aromatic rings. The van der Waals surface area contributed by atoms with Crippen molar-refractivity contribution < 1.29 is 28.6 Å². The monoisotopic (exact) mass is 634 g/mol. The first-order valence-corrected chi connectivity index (χ1v) is 5.35. The maximum Gasteiger partial charge on any atom is 0.238 e. The first-order chi connectivity index (χ1) is 4.95. The average molecular weight is 634 g/mol. The summed E-state index contributed by atoms with van der Waals surface area (Å²) >= 11 is 4.63. The maximum absolute atomic E-state index is 2.31. The Labute approximate surface area is 142 Å². The van der Waals surface area contributed by atoms with Crippen molar-refractivity contribution in [2.24, 2.45) is 0 Å². The Bertz CT molecular complexity index is 195. The van der Waals surface area contributed by atoms with E-state index in [1.807, 2.05) is 28.2 Å². The highest BCUT2D eigenvalue weighted by Gasteiger charge is 2.00. The Morgan fingerprint density at radius 3 is 1.85 bits per heavy atom. The van der Waals surface area contributed by atoms with Gasteiger partial charge in [0.15, 0.2) is 0 Å². The summed E-state index contributed by atoms with van der Waals surface area (Å²) in [6, 6.07) is 0. The van der Waals surface area contributed by atoms with Crippen LogP contribution in [-0.4, -0.2) is 41.4 Å². The molecule has 0 aliphatic heterocycles. The predicted molar refractivity (Wildman–Crippen MR) is 82.3 cm³/mol. The van der Waals surface area contributed by atoms with Crippen molar-refractivity contribution in [1.29, 1.82) is 0 Å². The van der Waals surface area contributed by atoms with E-state index < -0.39 is 0 Å². The quantitative estimate of drug-likeness (QED) is 0.173. The molecule has 0 unspecified atom stereocenters. The van der Waals surface area contributed by atoms with Gasteiger partial charge in [-0.25, -0.2) is 4.58 Å². The van der Waals surface area contributed by atoms with Crippen molar-refractivity contribution >= 4 is 72.9 Å². The molecule has 0 heterocycles. The molecule has 0 saturated carbocycles. The molecule has 0 aromatic carbocycles. The minimum absolute atomic E-state index is 0. The summed E-state index contributed by atoms with van der Waals surface area (Å²) in [6.45, 7) is 0. The van der Waals surface area contributed by atoms with Crippen LogP contribution in [0.3, 0.4) is 0 Å². The number of nitrogens with zero attached hydrogens (tertiary/aromatic N) is 2. The summed E-state index contributed by atoms with van der Waals surface area (Å²) in [5.41, 5.74) is 0. The van der Waals surface area contributed by atoms with Crippen LogP contribution < -0.4 is 24.0 Å². The lowest BCUT2D eigenvalue weighted by Gasteiger charge is -2.08. The van der Waals surface area contributed by atoms with Crippen LogP contribution in [-0.2, 0) is 0 Å². The van der Waals surface area contributed by atoms with E-state index in [9.17, 15) is 0 Å². The lowest BCUT2D eigenvalue weighted by molar-refractivity contribution is -0.459. The van der Waals surface area contributed by atoms with Gasteiger partial charge in [-0.2, -0.15) is 0 Å². The molecular formula is C7H14I4N2. The first-order valence-electron chi connectivity index (χ1n) is 3.19. The Morgan fingerprint density at radius 2 is 1.62 bits per heavy atom. The lowest BCUT2D eigenvalue weighted by atomic mass is 10.6. The van der Waals surface area contributed by atoms with E-state index in [0.29, 0.717) is 0 Å². The van der Waals surface area contributed by atoms with Gasteiger partial charge in [0.05, 0.1) is 3.70 Å². The van der Waals surface area contributed by atoms with E-state index >= 15 is 0 Å². The molecule has 0 atom stereocenters. The molecule has 6 heteroatoms. The third-order valence-corrected chi connectivity index (χ3v) is 3.65. The molecule has 0 N–H and O–H groups in total. The minimum Gasteiger partial charge on any atom is -1.00 e. The molecule has 0 bridgehead atoms. The van der Waals surface area contributed by atoms with Gasteiger partial charge in [-0.1, -0.05) is 0 Å². The Hall–Kier alpha value is 2.13. The average Bonchev–Trinajstić information content (AvgIpc) is 1.87. The van der Waals surface area contributed by atoms with E-state index in [0.717, 1.165) is 0 Å². The fourth-order valence-electron chi connectivity index (χ4n) is 0.356. The zero-order valence-electron chi connectivity index (χ0n) is 8.01. The van der Waals surface area contributed by atoms with Crippen molar-refractivity contribution in [1.82, 2.24) is 4.90 Å².